The van der Waals surface area contributed by atoms with E-state index in [0.29, 0.717) is 11.8 Å². The van der Waals surface area contributed by atoms with Gasteiger partial charge in [-0.1, -0.05) is 48.6 Å². The number of hydrogen-bond donors (Lipinski definition) is 0. The Bertz CT molecular complexity index is 1200. The molecule has 1 spiro atoms. The van der Waals surface area contributed by atoms with Gasteiger partial charge in [-0.3, -0.25) is 0 Å². The summed E-state index contributed by atoms with van der Waals surface area (Å²) in [5.74, 6) is 0.889. The highest BCUT2D eigenvalue weighted by Gasteiger charge is 2.53. The SMILES string of the molecule is C1=CC(CN2CCCCN(CC3C=CC=C3)P23=NP(N2CCCC2)(N2CCCC2)=NP(N2CCCC2)(N2CCCC2)=N3)C=C1. The normalized spacial score (nSPS) is 31.8. The van der Waals surface area contributed by atoms with Crippen molar-refractivity contribution in [3.63, 3.8) is 0 Å². The van der Waals surface area contributed by atoms with Gasteiger partial charge < -0.3 is 0 Å². The fourth-order valence-electron chi connectivity index (χ4n) is 8.57. The van der Waals surface area contributed by atoms with Crippen LogP contribution in [0.3, 0.4) is 0 Å². The van der Waals surface area contributed by atoms with Crippen LogP contribution in [-0.4, -0.2) is 107 Å². The zero-order valence-electron chi connectivity index (χ0n) is 26.7. The lowest BCUT2D eigenvalue weighted by atomic mass is 10.1. The standard InChI is InChI=1S/C32H54N9P3/c1-2-16-31(15-1)29-40-27-13-14-28-41(30-32-17-3-4-18-32)44(40)34-42(36-19-5-6-20-36,37-21-7-8-22-37)33-43(35-44,38-23-9-10-24-38)39-25-11-12-26-39/h1-4,15-18,31-32H,5-14,19-30H2. The second-order valence-corrected chi connectivity index (χ2v) is 22.7. The molecule has 6 heterocycles. The van der Waals surface area contributed by atoms with Crippen LogP contribution in [0.4, 0.5) is 0 Å². The first-order chi connectivity index (χ1) is 21.7. The highest BCUT2D eigenvalue weighted by atomic mass is 31.3. The van der Waals surface area contributed by atoms with E-state index in [1.807, 2.05) is 0 Å². The van der Waals surface area contributed by atoms with Crippen molar-refractivity contribution >= 4 is 22.5 Å². The Labute approximate surface area is 266 Å². The number of nitrogens with zero attached hydrogens (tertiary/aromatic N) is 9. The van der Waals surface area contributed by atoms with Gasteiger partial charge in [0.2, 0.25) is 22.5 Å². The molecule has 0 radical (unpaired) electrons. The Morgan fingerprint density at radius 2 is 0.659 bits per heavy atom. The highest BCUT2D eigenvalue weighted by molar-refractivity contribution is 7.83. The predicted molar refractivity (Wildman–Crippen MR) is 187 cm³/mol. The summed E-state index contributed by atoms with van der Waals surface area (Å²) in [5.41, 5.74) is 0. The summed E-state index contributed by atoms with van der Waals surface area (Å²) in [6, 6.07) is 0. The molecule has 0 atom stereocenters. The van der Waals surface area contributed by atoms with Crippen molar-refractivity contribution in [3.8, 4) is 0 Å². The van der Waals surface area contributed by atoms with Crippen LogP contribution in [0.25, 0.3) is 0 Å². The van der Waals surface area contributed by atoms with Crippen LogP contribution in [0, 0.1) is 11.8 Å². The second kappa shape index (κ2) is 13.1. The van der Waals surface area contributed by atoms with Gasteiger partial charge in [0, 0.05) is 90.4 Å². The summed E-state index contributed by atoms with van der Waals surface area (Å²) in [6.45, 7) is 13.5. The third kappa shape index (κ3) is 5.55. The predicted octanol–water partition coefficient (Wildman–Crippen LogP) is 8.10. The van der Waals surface area contributed by atoms with Gasteiger partial charge in [-0.25, -0.2) is 28.0 Å². The van der Waals surface area contributed by atoms with Crippen molar-refractivity contribution in [1.29, 1.82) is 0 Å². The number of rotatable bonds is 8. The molecule has 0 aromatic rings. The van der Waals surface area contributed by atoms with Gasteiger partial charge in [-0.15, -0.1) is 0 Å². The molecule has 242 valence electrons. The largest absolute Gasteiger partial charge is 0.240 e. The Kier molecular flexibility index (Phi) is 9.17. The van der Waals surface area contributed by atoms with Crippen molar-refractivity contribution in [3.05, 3.63) is 48.6 Å². The van der Waals surface area contributed by atoms with Crippen LogP contribution >= 0.6 is 22.5 Å². The molecule has 0 saturated carbocycles. The topological polar surface area (TPSA) is 56.5 Å². The fourth-order valence-corrected chi connectivity index (χ4v) is 25.2. The Balaban J connectivity index is 1.42. The van der Waals surface area contributed by atoms with E-state index >= 15 is 0 Å². The third-order valence-electron chi connectivity index (χ3n) is 10.9. The molecule has 0 aromatic carbocycles. The quantitative estimate of drug-likeness (QED) is 0.246. The Morgan fingerprint density at radius 1 is 0.386 bits per heavy atom. The highest BCUT2D eigenvalue weighted by Crippen LogP contribution is 2.84. The third-order valence-corrected chi connectivity index (χ3v) is 23.5. The molecule has 0 amide bonds. The molecule has 0 aromatic heterocycles. The molecule has 12 heteroatoms. The van der Waals surface area contributed by atoms with E-state index in [4.69, 9.17) is 13.5 Å². The summed E-state index contributed by atoms with van der Waals surface area (Å²) < 4.78 is 36.5. The van der Waals surface area contributed by atoms with Crippen LogP contribution < -0.4 is 0 Å². The minimum Gasteiger partial charge on any atom is -0.240 e. The fraction of sp³-hybridized carbons (Fsp3) is 0.750. The van der Waals surface area contributed by atoms with Crippen molar-refractivity contribution in [1.82, 2.24) is 28.0 Å². The maximum Gasteiger partial charge on any atom is 0.221 e. The average Bonchev–Trinajstić information content (AvgIpc) is 3.89. The molecule has 5 saturated heterocycles. The van der Waals surface area contributed by atoms with Crippen LogP contribution in [0.5, 0.6) is 0 Å². The van der Waals surface area contributed by atoms with E-state index < -0.39 is 22.5 Å². The van der Waals surface area contributed by atoms with Gasteiger partial charge in [0.1, 0.15) is 0 Å². The van der Waals surface area contributed by atoms with Crippen molar-refractivity contribution in [2.75, 3.05) is 78.5 Å². The van der Waals surface area contributed by atoms with Gasteiger partial charge in [0.05, 0.1) is 0 Å². The summed E-state index contributed by atoms with van der Waals surface area (Å²) in [7, 11) is -7.18. The molecule has 6 aliphatic heterocycles. The molecular weight excluding hydrogens is 603 g/mol. The van der Waals surface area contributed by atoms with Crippen LogP contribution in [0.2, 0.25) is 0 Å². The molecule has 2 aliphatic carbocycles. The van der Waals surface area contributed by atoms with Gasteiger partial charge in [-0.05, 0) is 64.2 Å². The minimum atomic E-state index is -2.49. The average molecular weight is 658 g/mol. The minimum absolute atomic E-state index is 0.444. The lowest BCUT2D eigenvalue weighted by Gasteiger charge is -2.51. The zero-order valence-corrected chi connectivity index (χ0v) is 29.4. The van der Waals surface area contributed by atoms with E-state index in [-0.39, 0.29) is 0 Å². The van der Waals surface area contributed by atoms with Crippen molar-refractivity contribution < 1.29 is 0 Å². The van der Waals surface area contributed by atoms with E-state index in [9.17, 15) is 0 Å². The Morgan fingerprint density at radius 3 is 1.00 bits per heavy atom. The Hall–Kier alpha value is -0.590. The van der Waals surface area contributed by atoms with Crippen LogP contribution in [-0.2, 0) is 0 Å². The van der Waals surface area contributed by atoms with E-state index in [2.05, 4.69) is 76.6 Å². The lowest BCUT2D eigenvalue weighted by Crippen LogP contribution is -2.38. The molecule has 5 fully saturated rings. The molecule has 8 aliphatic rings. The summed E-state index contributed by atoms with van der Waals surface area (Å²) >= 11 is 0. The van der Waals surface area contributed by atoms with E-state index in [0.717, 1.165) is 78.5 Å². The summed E-state index contributed by atoms with van der Waals surface area (Å²) in [6.07, 6.45) is 31.4. The maximum absolute atomic E-state index is 6.48. The van der Waals surface area contributed by atoms with Gasteiger partial charge in [0.15, 0.2) is 0 Å². The van der Waals surface area contributed by atoms with Crippen LogP contribution in [0.1, 0.15) is 64.2 Å². The first-order valence-corrected chi connectivity index (χ1v) is 22.6. The lowest BCUT2D eigenvalue weighted by molar-refractivity contribution is 0.387. The number of allylic oxidation sites excluding steroid dienone is 4. The first-order valence-electron chi connectivity index (χ1n) is 17.8. The van der Waals surface area contributed by atoms with Gasteiger partial charge in [0.25, 0.3) is 0 Å². The molecule has 0 N–H and O–H groups in total. The van der Waals surface area contributed by atoms with E-state index in [1.165, 1.54) is 64.2 Å². The molecule has 8 rings (SSSR count). The summed E-state index contributed by atoms with van der Waals surface area (Å²) in [5, 5.41) is 0. The zero-order chi connectivity index (χ0) is 29.5. The summed E-state index contributed by atoms with van der Waals surface area (Å²) in [4.78, 5) is 0. The van der Waals surface area contributed by atoms with Gasteiger partial charge in [-0.2, -0.15) is 13.5 Å². The smallest absolute Gasteiger partial charge is 0.221 e. The maximum atomic E-state index is 6.48. The first kappa shape index (κ1) is 30.7. The van der Waals surface area contributed by atoms with Crippen LogP contribution in [0.15, 0.2) is 62.2 Å². The molecule has 0 bridgehead atoms. The van der Waals surface area contributed by atoms with E-state index in [1.54, 1.807) is 0 Å². The van der Waals surface area contributed by atoms with Crippen molar-refractivity contribution in [2.24, 2.45) is 25.4 Å². The molecule has 9 nitrogen and oxygen atoms in total. The van der Waals surface area contributed by atoms with Crippen molar-refractivity contribution in [2.45, 2.75) is 64.2 Å². The molecular formula is C32H54N9P3. The monoisotopic (exact) mass is 657 g/mol. The van der Waals surface area contributed by atoms with Gasteiger partial charge >= 0.3 is 0 Å². The second-order valence-electron chi connectivity index (χ2n) is 13.9. The molecule has 0 unspecified atom stereocenters. The molecule has 44 heavy (non-hydrogen) atoms. The number of hydrogen-bond acceptors (Lipinski definition) is 9.